The first-order valence-electron chi connectivity index (χ1n) is 7.35. The van der Waals surface area contributed by atoms with Gasteiger partial charge in [-0.25, -0.2) is 0 Å². The molecule has 0 spiro atoms. The van der Waals surface area contributed by atoms with Crippen molar-refractivity contribution in [1.29, 1.82) is 0 Å². The molecule has 0 radical (unpaired) electrons. The van der Waals surface area contributed by atoms with Crippen LogP contribution in [0.3, 0.4) is 0 Å². The van der Waals surface area contributed by atoms with Crippen molar-refractivity contribution in [3.8, 4) is 0 Å². The molecule has 1 saturated heterocycles. The Balaban J connectivity index is 1.96. The van der Waals surface area contributed by atoms with Gasteiger partial charge >= 0.3 is 0 Å². The van der Waals surface area contributed by atoms with Crippen LogP contribution in [0, 0.1) is 0 Å². The molecule has 0 aliphatic carbocycles. The average Bonchev–Trinajstić information content (AvgIpc) is 2.47. The fraction of sp³-hybridized carbons (Fsp3) is 0.562. The van der Waals surface area contributed by atoms with Crippen molar-refractivity contribution in [3.05, 3.63) is 35.4 Å². The third-order valence-corrected chi connectivity index (χ3v) is 3.76. The van der Waals surface area contributed by atoms with Gasteiger partial charge < -0.3 is 5.32 Å². The minimum Gasteiger partial charge on any atom is -0.352 e. The molecule has 0 bridgehead atoms. The summed E-state index contributed by atoms with van der Waals surface area (Å²) in [5.41, 5.74) is 2.59. The van der Waals surface area contributed by atoms with Crippen molar-refractivity contribution >= 4 is 5.91 Å². The average molecular weight is 260 g/mol. The van der Waals surface area contributed by atoms with Crippen LogP contribution in [0.15, 0.2) is 24.3 Å². The van der Waals surface area contributed by atoms with E-state index in [1.807, 2.05) is 13.0 Å². The molecule has 3 nitrogen and oxygen atoms in total. The van der Waals surface area contributed by atoms with E-state index >= 15 is 0 Å². The molecule has 0 atom stereocenters. The Labute approximate surface area is 116 Å². The lowest BCUT2D eigenvalue weighted by atomic mass is 10.0. The summed E-state index contributed by atoms with van der Waals surface area (Å²) < 4.78 is 0. The molecule has 0 saturated carbocycles. The van der Waals surface area contributed by atoms with E-state index in [1.54, 1.807) is 0 Å². The molecule has 1 heterocycles. The van der Waals surface area contributed by atoms with Crippen LogP contribution in [0.2, 0.25) is 0 Å². The minimum atomic E-state index is 0.118. The summed E-state index contributed by atoms with van der Waals surface area (Å²) in [5, 5.41) is 2.97. The second kappa shape index (κ2) is 7.29. The van der Waals surface area contributed by atoms with E-state index in [4.69, 9.17) is 0 Å². The fourth-order valence-electron chi connectivity index (χ4n) is 2.56. The lowest BCUT2D eigenvalue weighted by Crippen LogP contribution is -2.30. The Kier molecular flexibility index (Phi) is 5.40. The molecule has 0 unspecified atom stereocenters. The number of likely N-dealkylation sites (tertiary alicyclic amines) is 1. The predicted molar refractivity (Wildman–Crippen MR) is 77.7 cm³/mol. The highest BCUT2D eigenvalue weighted by Gasteiger charge is 2.12. The number of benzene rings is 1. The van der Waals surface area contributed by atoms with Gasteiger partial charge in [0.05, 0.1) is 0 Å². The van der Waals surface area contributed by atoms with Crippen LogP contribution in [0.1, 0.15) is 43.7 Å². The Bertz CT molecular complexity index is 411. The van der Waals surface area contributed by atoms with Gasteiger partial charge in [-0.1, -0.05) is 37.6 Å². The van der Waals surface area contributed by atoms with Gasteiger partial charge in [-0.05, 0) is 37.1 Å². The van der Waals surface area contributed by atoms with E-state index in [1.165, 1.54) is 43.5 Å². The van der Waals surface area contributed by atoms with Crippen molar-refractivity contribution in [2.24, 2.45) is 0 Å². The van der Waals surface area contributed by atoms with Crippen LogP contribution in [0.5, 0.6) is 0 Å². The van der Waals surface area contributed by atoms with Crippen LogP contribution in [-0.2, 0) is 17.9 Å². The smallest absolute Gasteiger partial charge is 0.219 e. The zero-order valence-electron chi connectivity index (χ0n) is 11.8. The molecular formula is C16H24N2O. The first kappa shape index (κ1) is 14.1. The third kappa shape index (κ3) is 4.35. The van der Waals surface area contributed by atoms with Gasteiger partial charge in [0.25, 0.3) is 0 Å². The van der Waals surface area contributed by atoms with E-state index in [0.717, 1.165) is 6.54 Å². The zero-order chi connectivity index (χ0) is 13.5. The molecule has 1 aliphatic rings. The summed E-state index contributed by atoms with van der Waals surface area (Å²) in [6, 6.07) is 8.44. The van der Waals surface area contributed by atoms with Gasteiger partial charge in [0.15, 0.2) is 0 Å². The number of hydrogen-bond donors (Lipinski definition) is 1. The maximum atomic E-state index is 11.4. The van der Waals surface area contributed by atoms with Crippen LogP contribution in [0.25, 0.3) is 0 Å². The number of amides is 1. The quantitative estimate of drug-likeness (QED) is 0.883. The lowest BCUT2D eigenvalue weighted by Gasteiger charge is -2.27. The van der Waals surface area contributed by atoms with Crippen molar-refractivity contribution in [3.63, 3.8) is 0 Å². The highest BCUT2D eigenvalue weighted by Crippen LogP contribution is 2.16. The Hall–Kier alpha value is -1.35. The van der Waals surface area contributed by atoms with Crippen LogP contribution < -0.4 is 5.32 Å². The molecule has 1 aliphatic heterocycles. The zero-order valence-corrected chi connectivity index (χ0v) is 11.8. The maximum Gasteiger partial charge on any atom is 0.219 e. The van der Waals surface area contributed by atoms with E-state index in [2.05, 4.69) is 28.4 Å². The molecule has 1 aromatic carbocycles. The summed E-state index contributed by atoms with van der Waals surface area (Å²) in [6.45, 7) is 5.95. The summed E-state index contributed by atoms with van der Waals surface area (Å²) in [5.74, 6) is 0.118. The van der Waals surface area contributed by atoms with E-state index in [0.29, 0.717) is 13.0 Å². The molecule has 1 N–H and O–H groups in total. The van der Waals surface area contributed by atoms with Gasteiger partial charge in [0.1, 0.15) is 0 Å². The molecule has 1 amide bonds. The van der Waals surface area contributed by atoms with Crippen LogP contribution >= 0.6 is 0 Å². The number of nitrogens with one attached hydrogen (secondary N) is 1. The molecule has 1 aromatic rings. The van der Waals surface area contributed by atoms with Crippen molar-refractivity contribution in [1.82, 2.24) is 10.2 Å². The number of carbonyl (C=O) groups is 1. The number of hydrogen-bond acceptors (Lipinski definition) is 2. The Morgan fingerprint density at radius 1 is 1.16 bits per heavy atom. The molecular weight excluding hydrogens is 236 g/mol. The second-order valence-corrected chi connectivity index (χ2v) is 5.24. The lowest BCUT2D eigenvalue weighted by molar-refractivity contribution is -0.120. The van der Waals surface area contributed by atoms with Crippen LogP contribution in [-0.4, -0.2) is 23.9 Å². The summed E-state index contributed by atoms with van der Waals surface area (Å²) in [6.07, 6.45) is 4.54. The second-order valence-electron chi connectivity index (χ2n) is 5.24. The van der Waals surface area contributed by atoms with Gasteiger partial charge in [-0.15, -0.1) is 0 Å². The first-order chi connectivity index (χ1) is 9.29. The molecule has 0 aromatic heterocycles. The summed E-state index contributed by atoms with van der Waals surface area (Å²) in [7, 11) is 0. The van der Waals surface area contributed by atoms with Gasteiger partial charge in [-0.3, -0.25) is 9.69 Å². The third-order valence-electron chi connectivity index (χ3n) is 3.76. The molecule has 1 fully saturated rings. The normalized spacial score (nSPS) is 16.3. The fourth-order valence-corrected chi connectivity index (χ4v) is 2.56. The number of rotatable bonds is 5. The molecule has 2 rings (SSSR count). The number of piperidine rings is 1. The predicted octanol–water partition coefficient (Wildman–Crippen LogP) is 2.70. The van der Waals surface area contributed by atoms with Crippen molar-refractivity contribution in [2.75, 3.05) is 13.1 Å². The highest BCUT2D eigenvalue weighted by molar-refractivity contribution is 5.75. The van der Waals surface area contributed by atoms with Crippen molar-refractivity contribution in [2.45, 2.75) is 45.7 Å². The standard InChI is InChI=1S/C16H24N2O/c1-2-16(19)17-12-14-8-4-5-9-15(14)13-18-10-6-3-7-11-18/h4-5,8-9H,2-3,6-7,10-13H2,1H3,(H,17,19). The summed E-state index contributed by atoms with van der Waals surface area (Å²) in [4.78, 5) is 13.9. The van der Waals surface area contributed by atoms with E-state index in [-0.39, 0.29) is 5.91 Å². The highest BCUT2D eigenvalue weighted by atomic mass is 16.1. The Morgan fingerprint density at radius 2 is 1.84 bits per heavy atom. The number of nitrogens with zero attached hydrogens (tertiary/aromatic N) is 1. The van der Waals surface area contributed by atoms with Gasteiger partial charge in [0, 0.05) is 19.5 Å². The summed E-state index contributed by atoms with van der Waals surface area (Å²) >= 11 is 0. The maximum absolute atomic E-state index is 11.4. The van der Waals surface area contributed by atoms with Gasteiger partial charge in [0.2, 0.25) is 5.91 Å². The van der Waals surface area contributed by atoms with Crippen molar-refractivity contribution < 1.29 is 4.79 Å². The largest absolute Gasteiger partial charge is 0.352 e. The van der Waals surface area contributed by atoms with Crippen LogP contribution in [0.4, 0.5) is 0 Å². The minimum absolute atomic E-state index is 0.118. The molecule has 3 heteroatoms. The van der Waals surface area contributed by atoms with Gasteiger partial charge in [-0.2, -0.15) is 0 Å². The molecule has 19 heavy (non-hydrogen) atoms. The topological polar surface area (TPSA) is 32.3 Å². The van der Waals surface area contributed by atoms with E-state index in [9.17, 15) is 4.79 Å². The Morgan fingerprint density at radius 3 is 2.53 bits per heavy atom. The molecule has 104 valence electrons. The number of carbonyl (C=O) groups excluding carboxylic acids is 1. The first-order valence-corrected chi connectivity index (χ1v) is 7.35. The SMILES string of the molecule is CCC(=O)NCc1ccccc1CN1CCCCC1. The van der Waals surface area contributed by atoms with E-state index < -0.39 is 0 Å². The monoisotopic (exact) mass is 260 g/mol.